The van der Waals surface area contributed by atoms with Gasteiger partial charge in [-0.3, -0.25) is 4.79 Å². The summed E-state index contributed by atoms with van der Waals surface area (Å²) in [5.41, 5.74) is 0. The van der Waals surface area contributed by atoms with Crippen LogP contribution >= 0.6 is 0 Å². The Morgan fingerprint density at radius 1 is 1.50 bits per heavy atom. The average molecular weight is 176 g/mol. The summed E-state index contributed by atoms with van der Waals surface area (Å²) in [7, 11) is 1.28. The summed E-state index contributed by atoms with van der Waals surface area (Å²) >= 11 is 0. The monoisotopic (exact) mass is 176 g/mol. The van der Waals surface area contributed by atoms with Gasteiger partial charge in [0.15, 0.2) is 0 Å². The summed E-state index contributed by atoms with van der Waals surface area (Å²) in [6, 6.07) is 0. The first-order chi connectivity index (χ1) is 5.70. The second-order valence-corrected chi connectivity index (χ2v) is 2.87. The number of carbonyl (C=O) groups excluding carboxylic acids is 1. The topological polar surface area (TPSA) is 26.3 Å². The zero-order valence-corrected chi connectivity index (χ0v) is 7.81. The van der Waals surface area contributed by atoms with E-state index in [0.717, 1.165) is 19.3 Å². The van der Waals surface area contributed by atoms with E-state index in [1.54, 1.807) is 0 Å². The fraction of sp³-hybridized carbons (Fsp3) is 0.889. The van der Waals surface area contributed by atoms with Gasteiger partial charge in [-0.15, -0.1) is 0 Å². The van der Waals surface area contributed by atoms with Gasteiger partial charge in [-0.1, -0.05) is 26.2 Å². The third-order valence-electron chi connectivity index (χ3n) is 1.74. The predicted octanol–water partition coefficient (Wildman–Crippen LogP) is 2.47. The van der Waals surface area contributed by atoms with Crippen LogP contribution < -0.4 is 0 Å². The van der Waals surface area contributed by atoms with Gasteiger partial charge < -0.3 is 4.74 Å². The normalized spacial score (nSPS) is 12.6. The SMILES string of the molecule is CCCCCC(F)CC(=O)OC. The highest BCUT2D eigenvalue weighted by molar-refractivity contribution is 5.69. The van der Waals surface area contributed by atoms with Crippen molar-refractivity contribution in [2.45, 2.75) is 45.2 Å². The molecule has 0 spiro atoms. The summed E-state index contributed by atoms with van der Waals surface area (Å²) in [5.74, 6) is -0.459. The van der Waals surface area contributed by atoms with Crippen molar-refractivity contribution in [1.29, 1.82) is 0 Å². The number of methoxy groups -OCH3 is 1. The molecular formula is C9H17FO2. The number of ether oxygens (including phenoxy) is 1. The molecule has 0 aliphatic heterocycles. The maximum Gasteiger partial charge on any atom is 0.308 e. The number of carbonyl (C=O) groups is 1. The molecule has 0 aromatic rings. The summed E-state index contributed by atoms with van der Waals surface area (Å²) in [5, 5.41) is 0. The maximum absolute atomic E-state index is 12.9. The molecule has 3 heteroatoms. The van der Waals surface area contributed by atoms with Crippen molar-refractivity contribution in [3.05, 3.63) is 0 Å². The summed E-state index contributed by atoms with van der Waals surface area (Å²) < 4.78 is 17.2. The van der Waals surface area contributed by atoms with Gasteiger partial charge in [-0.2, -0.15) is 0 Å². The van der Waals surface area contributed by atoms with E-state index in [1.165, 1.54) is 7.11 Å². The van der Waals surface area contributed by atoms with E-state index in [4.69, 9.17) is 0 Å². The average Bonchev–Trinajstić information content (AvgIpc) is 2.05. The number of esters is 1. The third kappa shape index (κ3) is 6.13. The Labute approximate surface area is 73.1 Å². The lowest BCUT2D eigenvalue weighted by atomic mass is 10.1. The van der Waals surface area contributed by atoms with E-state index in [1.807, 2.05) is 0 Å². The zero-order chi connectivity index (χ0) is 9.40. The highest BCUT2D eigenvalue weighted by atomic mass is 19.1. The standard InChI is InChI=1S/C9H17FO2/c1-3-4-5-6-8(10)7-9(11)12-2/h8H,3-7H2,1-2H3. The molecule has 0 bridgehead atoms. The van der Waals surface area contributed by atoms with Crippen molar-refractivity contribution < 1.29 is 13.9 Å². The van der Waals surface area contributed by atoms with Gasteiger partial charge in [0.25, 0.3) is 0 Å². The van der Waals surface area contributed by atoms with Crippen LogP contribution in [0.15, 0.2) is 0 Å². The molecule has 0 fully saturated rings. The molecule has 0 N–H and O–H groups in total. The lowest BCUT2D eigenvalue weighted by Crippen LogP contribution is -2.10. The van der Waals surface area contributed by atoms with E-state index < -0.39 is 12.1 Å². The van der Waals surface area contributed by atoms with Crippen LogP contribution in [0.3, 0.4) is 0 Å². The molecule has 0 rings (SSSR count). The highest BCUT2D eigenvalue weighted by Crippen LogP contribution is 2.10. The van der Waals surface area contributed by atoms with Crippen LogP contribution in [-0.4, -0.2) is 19.3 Å². The number of hydrogen-bond donors (Lipinski definition) is 0. The second kappa shape index (κ2) is 7.07. The van der Waals surface area contributed by atoms with Crippen molar-refractivity contribution in [3.63, 3.8) is 0 Å². The third-order valence-corrected chi connectivity index (χ3v) is 1.74. The first-order valence-electron chi connectivity index (χ1n) is 4.41. The number of unbranched alkanes of at least 4 members (excludes halogenated alkanes) is 2. The Kier molecular flexibility index (Phi) is 6.72. The maximum atomic E-state index is 12.9. The van der Waals surface area contributed by atoms with Crippen molar-refractivity contribution in [1.82, 2.24) is 0 Å². The van der Waals surface area contributed by atoms with Crippen molar-refractivity contribution >= 4 is 5.97 Å². The molecule has 2 nitrogen and oxygen atoms in total. The summed E-state index contributed by atoms with van der Waals surface area (Å²) in [4.78, 5) is 10.6. The molecule has 12 heavy (non-hydrogen) atoms. The molecular weight excluding hydrogens is 159 g/mol. The minimum Gasteiger partial charge on any atom is -0.469 e. The van der Waals surface area contributed by atoms with Gasteiger partial charge in [-0.25, -0.2) is 4.39 Å². The van der Waals surface area contributed by atoms with Gasteiger partial charge >= 0.3 is 5.97 Å². The quantitative estimate of drug-likeness (QED) is 0.459. The van der Waals surface area contributed by atoms with Crippen LogP contribution in [-0.2, 0) is 9.53 Å². The molecule has 0 aliphatic carbocycles. The van der Waals surface area contributed by atoms with Crippen LogP contribution in [0.1, 0.15) is 39.0 Å². The van der Waals surface area contributed by atoms with Gasteiger partial charge in [-0.05, 0) is 6.42 Å². The fourth-order valence-electron chi connectivity index (χ4n) is 0.982. The van der Waals surface area contributed by atoms with Gasteiger partial charge in [0.05, 0.1) is 13.5 Å². The number of rotatable bonds is 6. The lowest BCUT2D eigenvalue weighted by Gasteiger charge is -2.05. The first-order valence-corrected chi connectivity index (χ1v) is 4.41. The Morgan fingerprint density at radius 2 is 2.17 bits per heavy atom. The highest BCUT2D eigenvalue weighted by Gasteiger charge is 2.11. The second-order valence-electron chi connectivity index (χ2n) is 2.87. The molecule has 72 valence electrons. The Bertz CT molecular complexity index is 126. The van der Waals surface area contributed by atoms with Crippen molar-refractivity contribution in [2.24, 2.45) is 0 Å². The summed E-state index contributed by atoms with van der Waals surface area (Å²) in [6.45, 7) is 2.06. The molecule has 1 unspecified atom stereocenters. The van der Waals surface area contributed by atoms with Gasteiger partial charge in [0, 0.05) is 0 Å². The van der Waals surface area contributed by atoms with Crippen molar-refractivity contribution in [3.8, 4) is 0 Å². The molecule has 0 amide bonds. The molecule has 0 aliphatic rings. The van der Waals surface area contributed by atoms with Crippen molar-refractivity contribution in [2.75, 3.05) is 7.11 Å². The first kappa shape index (κ1) is 11.4. The minimum absolute atomic E-state index is 0.0970. The molecule has 0 radical (unpaired) electrons. The van der Waals surface area contributed by atoms with Crippen LogP contribution in [0.4, 0.5) is 4.39 Å². The summed E-state index contributed by atoms with van der Waals surface area (Å²) in [6.07, 6.45) is 2.31. The Hall–Kier alpha value is -0.600. The molecule has 0 saturated carbocycles. The van der Waals surface area contributed by atoms with Crippen LogP contribution in [0.25, 0.3) is 0 Å². The Balaban J connectivity index is 3.32. The van der Waals surface area contributed by atoms with Crippen LogP contribution in [0.2, 0.25) is 0 Å². The number of alkyl halides is 1. The smallest absolute Gasteiger partial charge is 0.308 e. The molecule has 0 aromatic heterocycles. The van der Waals surface area contributed by atoms with E-state index in [2.05, 4.69) is 11.7 Å². The van der Waals surface area contributed by atoms with Gasteiger partial charge in [0.1, 0.15) is 6.17 Å². The van der Waals surface area contributed by atoms with E-state index >= 15 is 0 Å². The zero-order valence-electron chi connectivity index (χ0n) is 7.81. The van der Waals surface area contributed by atoms with E-state index in [9.17, 15) is 9.18 Å². The van der Waals surface area contributed by atoms with E-state index in [0.29, 0.717) is 6.42 Å². The number of hydrogen-bond acceptors (Lipinski definition) is 2. The molecule has 1 atom stereocenters. The van der Waals surface area contributed by atoms with Crippen LogP contribution in [0.5, 0.6) is 0 Å². The molecule has 0 aromatic carbocycles. The molecule has 0 heterocycles. The largest absolute Gasteiger partial charge is 0.469 e. The number of halogens is 1. The molecule has 0 saturated heterocycles. The van der Waals surface area contributed by atoms with Gasteiger partial charge in [0.2, 0.25) is 0 Å². The minimum atomic E-state index is -1.02. The lowest BCUT2D eigenvalue weighted by molar-refractivity contribution is -0.141. The Morgan fingerprint density at radius 3 is 2.67 bits per heavy atom. The van der Waals surface area contributed by atoms with E-state index in [-0.39, 0.29) is 6.42 Å². The van der Waals surface area contributed by atoms with Crippen LogP contribution in [0, 0.1) is 0 Å². The fourth-order valence-corrected chi connectivity index (χ4v) is 0.982. The predicted molar refractivity (Wildman–Crippen MR) is 45.7 cm³/mol.